The molecule has 0 amide bonds. The lowest BCUT2D eigenvalue weighted by Gasteiger charge is -2.01. The second kappa shape index (κ2) is 3.80. The summed E-state index contributed by atoms with van der Waals surface area (Å²) < 4.78 is 1.60. The molecule has 0 bridgehead atoms. The van der Waals surface area contributed by atoms with E-state index in [-0.39, 0.29) is 5.82 Å². The predicted octanol–water partition coefficient (Wildman–Crippen LogP) is 0.780. The van der Waals surface area contributed by atoms with Gasteiger partial charge >= 0.3 is 0 Å². The van der Waals surface area contributed by atoms with E-state index in [9.17, 15) is 0 Å². The molecular formula is C10H9N5. The van der Waals surface area contributed by atoms with Gasteiger partial charge in [-0.2, -0.15) is 5.26 Å². The molecule has 0 saturated carbocycles. The highest BCUT2D eigenvalue weighted by atomic mass is 15.3. The van der Waals surface area contributed by atoms with Gasteiger partial charge in [0.2, 0.25) is 0 Å². The van der Waals surface area contributed by atoms with Gasteiger partial charge in [0.05, 0.1) is 6.54 Å². The van der Waals surface area contributed by atoms with Crippen LogP contribution in [0.2, 0.25) is 0 Å². The molecule has 2 aromatic rings. The molecule has 5 heteroatoms. The quantitative estimate of drug-likeness (QED) is 0.725. The van der Waals surface area contributed by atoms with E-state index in [0.29, 0.717) is 12.2 Å². The van der Waals surface area contributed by atoms with Crippen molar-refractivity contribution in [3.05, 3.63) is 42.0 Å². The maximum atomic E-state index is 8.55. The number of benzene rings is 1. The molecule has 74 valence electrons. The third-order valence-corrected chi connectivity index (χ3v) is 1.93. The van der Waals surface area contributed by atoms with Gasteiger partial charge in [-0.25, -0.2) is 9.67 Å². The van der Waals surface area contributed by atoms with E-state index in [1.54, 1.807) is 4.68 Å². The Morgan fingerprint density at radius 1 is 1.47 bits per heavy atom. The number of nitrogens with two attached hydrogens (primary N) is 1. The maximum absolute atomic E-state index is 8.55. The van der Waals surface area contributed by atoms with Gasteiger partial charge in [-0.05, 0) is 17.7 Å². The van der Waals surface area contributed by atoms with Crippen LogP contribution in [0.1, 0.15) is 11.4 Å². The standard InChI is InChI=1S/C10H9N5/c11-5-10-13-7-15(14-10)6-8-2-1-3-9(12)4-8/h1-4,7H,6,12H2. The van der Waals surface area contributed by atoms with Crippen LogP contribution < -0.4 is 5.73 Å². The van der Waals surface area contributed by atoms with Crippen molar-refractivity contribution in [2.75, 3.05) is 5.73 Å². The number of anilines is 1. The summed E-state index contributed by atoms with van der Waals surface area (Å²) in [5, 5.41) is 12.5. The monoisotopic (exact) mass is 199 g/mol. The van der Waals surface area contributed by atoms with Crippen LogP contribution in [-0.2, 0) is 6.54 Å². The number of rotatable bonds is 2. The molecule has 1 heterocycles. The minimum Gasteiger partial charge on any atom is -0.399 e. The minimum absolute atomic E-state index is 0.180. The molecule has 0 fully saturated rings. The highest BCUT2D eigenvalue weighted by Gasteiger charge is 2.00. The van der Waals surface area contributed by atoms with Crippen LogP contribution in [0.25, 0.3) is 0 Å². The zero-order valence-corrected chi connectivity index (χ0v) is 7.96. The Kier molecular flexibility index (Phi) is 2.33. The fraction of sp³-hybridized carbons (Fsp3) is 0.100. The van der Waals surface area contributed by atoms with Crippen molar-refractivity contribution < 1.29 is 0 Å². The van der Waals surface area contributed by atoms with Crippen molar-refractivity contribution in [2.45, 2.75) is 6.54 Å². The van der Waals surface area contributed by atoms with E-state index in [1.807, 2.05) is 30.3 Å². The van der Waals surface area contributed by atoms with Crippen molar-refractivity contribution in [1.29, 1.82) is 5.26 Å². The van der Waals surface area contributed by atoms with Crippen LogP contribution in [0.4, 0.5) is 5.69 Å². The molecule has 2 rings (SSSR count). The number of hydrogen-bond acceptors (Lipinski definition) is 4. The first-order valence-electron chi connectivity index (χ1n) is 4.42. The second-order valence-electron chi connectivity index (χ2n) is 3.12. The van der Waals surface area contributed by atoms with Crippen molar-refractivity contribution in [1.82, 2.24) is 14.8 Å². The van der Waals surface area contributed by atoms with E-state index in [4.69, 9.17) is 11.0 Å². The number of nitriles is 1. The number of nitrogen functional groups attached to an aromatic ring is 1. The van der Waals surface area contributed by atoms with Gasteiger partial charge in [-0.1, -0.05) is 12.1 Å². The Morgan fingerprint density at radius 2 is 2.33 bits per heavy atom. The zero-order chi connectivity index (χ0) is 10.7. The Labute approximate surface area is 86.8 Å². The Balaban J connectivity index is 2.19. The summed E-state index contributed by atoms with van der Waals surface area (Å²) in [6.07, 6.45) is 1.53. The van der Waals surface area contributed by atoms with Crippen molar-refractivity contribution in [2.24, 2.45) is 0 Å². The first-order chi connectivity index (χ1) is 7.28. The molecule has 0 spiro atoms. The van der Waals surface area contributed by atoms with Crippen LogP contribution >= 0.6 is 0 Å². The normalized spacial score (nSPS) is 9.80. The van der Waals surface area contributed by atoms with Crippen LogP contribution in [0.3, 0.4) is 0 Å². The fourth-order valence-corrected chi connectivity index (χ4v) is 1.30. The summed E-state index contributed by atoms with van der Waals surface area (Å²) in [7, 11) is 0. The van der Waals surface area contributed by atoms with Crippen LogP contribution in [0.15, 0.2) is 30.6 Å². The lowest BCUT2D eigenvalue weighted by Crippen LogP contribution is -2.01. The van der Waals surface area contributed by atoms with E-state index < -0.39 is 0 Å². The van der Waals surface area contributed by atoms with Gasteiger partial charge in [-0.3, -0.25) is 0 Å². The van der Waals surface area contributed by atoms with Gasteiger partial charge in [0.25, 0.3) is 5.82 Å². The van der Waals surface area contributed by atoms with Gasteiger partial charge in [0.15, 0.2) is 0 Å². The van der Waals surface area contributed by atoms with E-state index >= 15 is 0 Å². The number of aromatic nitrogens is 3. The lowest BCUT2D eigenvalue weighted by molar-refractivity contribution is 0.682. The smallest absolute Gasteiger partial charge is 0.252 e. The van der Waals surface area contributed by atoms with Gasteiger partial charge in [0, 0.05) is 5.69 Å². The molecule has 15 heavy (non-hydrogen) atoms. The second-order valence-corrected chi connectivity index (χ2v) is 3.12. The molecule has 0 saturated heterocycles. The first-order valence-corrected chi connectivity index (χ1v) is 4.42. The van der Waals surface area contributed by atoms with E-state index in [1.165, 1.54) is 6.33 Å². The molecule has 0 unspecified atom stereocenters. The average molecular weight is 199 g/mol. The SMILES string of the molecule is N#Cc1ncn(Cc2cccc(N)c2)n1. The van der Waals surface area contributed by atoms with Crippen LogP contribution in [0.5, 0.6) is 0 Å². The molecule has 0 atom stereocenters. The molecule has 5 nitrogen and oxygen atoms in total. The molecule has 1 aromatic heterocycles. The molecule has 0 aliphatic heterocycles. The molecule has 0 aliphatic carbocycles. The van der Waals surface area contributed by atoms with Crippen molar-refractivity contribution >= 4 is 5.69 Å². The maximum Gasteiger partial charge on any atom is 0.252 e. The van der Waals surface area contributed by atoms with Gasteiger partial charge in [-0.15, -0.1) is 5.10 Å². The van der Waals surface area contributed by atoms with E-state index in [2.05, 4.69) is 10.1 Å². The molecule has 0 aliphatic rings. The summed E-state index contributed by atoms with van der Waals surface area (Å²) in [6.45, 7) is 0.569. The highest BCUT2D eigenvalue weighted by molar-refractivity contribution is 5.40. The summed E-state index contributed by atoms with van der Waals surface area (Å²) >= 11 is 0. The molecular weight excluding hydrogens is 190 g/mol. The fourth-order valence-electron chi connectivity index (χ4n) is 1.30. The largest absolute Gasteiger partial charge is 0.399 e. The van der Waals surface area contributed by atoms with Crippen LogP contribution in [0, 0.1) is 11.3 Å². The average Bonchev–Trinajstić information content (AvgIpc) is 2.65. The summed E-state index contributed by atoms with van der Waals surface area (Å²) in [5.41, 5.74) is 7.39. The third-order valence-electron chi connectivity index (χ3n) is 1.93. The Hall–Kier alpha value is -2.35. The molecule has 1 aromatic carbocycles. The Bertz CT molecular complexity index is 509. The third kappa shape index (κ3) is 2.11. The van der Waals surface area contributed by atoms with Crippen molar-refractivity contribution in [3.8, 4) is 6.07 Å². The summed E-state index contributed by atoms with van der Waals surface area (Å²) in [4.78, 5) is 3.81. The lowest BCUT2D eigenvalue weighted by atomic mass is 10.2. The summed E-state index contributed by atoms with van der Waals surface area (Å²) in [5.74, 6) is 0.180. The van der Waals surface area contributed by atoms with Crippen LogP contribution in [-0.4, -0.2) is 14.8 Å². The molecule has 0 radical (unpaired) electrons. The Morgan fingerprint density at radius 3 is 3.00 bits per heavy atom. The number of hydrogen-bond donors (Lipinski definition) is 1. The highest BCUT2D eigenvalue weighted by Crippen LogP contribution is 2.07. The molecule has 2 N–H and O–H groups in total. The number of nitrogens with zero attached hydrogens (tertiary/aromatic N) is 4. The zero-order valence-electron chi connectivity index (χ0n) is 7.96. The predicted molar refractivity (Wildman–Crippen MR) is 54.7 cm³/mol. The minimum atomic E-state index is 0.180. The van der Waals surface area contributed by atoms with Gasteiger partial charge in [0.1, 0.15) is 12.4 Å². The summed E-state index contributed by atoms with van der Waals surface area (Å²) in [6, 6.07) is 9.40. The van der Waals surface area contributed by atoms with E-state index in [0.717, 1.165) is 5.56 Å². The first kappa shape index (κ1) is 9.21. The van der Waals surface area contributed by atoms with Crippen molar-refractivity contribution in [3.63, 3.8) is 0 Å². The topological polar surface area (TPSA) is 80.5 Å². The van der Waals surface area contributed by atoms with Gasteiger partial charge < -0.3 is 5.73 Å².